The minimum absolute atomic E-state index is 0.0751. The maximum absolute atomic E-state index is 10.7. The number of thiophene rings is 1. The third-order valence-electron chi connectivity index (χ3n) is 3.47. The largest absolute Gasteiger partial charge is 0.550 e. The molecule has 5 heteroatoms. The summed E-state index contributed by atoms with van der Waals surface area (Å²) in [6, 6.07) is 12.2. The van der Waals surface area contributed by atoms with Crippen LogP contribution in [-0.4, -0.2) is 11.0 Å². The fraction of sp³-hybridized carbons (Fsp3) is 0.222. The molecule has 0 saturated heterocycles. The third kappa shape index (κ3) is 4.06. The number of carboxylic acids is 1. The molecule has 2 aromatic heterocycles. The monoisotopic (exact) mass is 342 g/mol. The Kier molecular flexibility index (Phi) is 4.88. The van der Waals surface area contributed by atoms with Gasteiger partial charge >= 0.3 is 0 Å². The van der Waals surface area contributed by atoms with Gasteiger partial charge < -0.3 is 9.90 Å². The van der Waals surface area contributed by atoms with Crippen LogP contribution in [0.25, 0.3) is 21.9 Å². The van der Waals surface area contributed by atoms with Crippen molar-refractivity contribution in [2.45, 2.75) is 26.2 Å². The van der Waals surface area contributed by atoms with Crippen LogP contribution in [0.15, 0.2) is 36.4 Å². The normalized spacial score (nSPS) is 12.0. The molecule has 0 saturated carbocycles. The van der Waals surface area contributed by atoms with Crippen LogP contribution in [0.1, 0.15) is 34.0 Å². The van der Waals surface area contributed by atoms with Gasteiger partial charge in [-0.3, -0.25) is 0 Å². The van der Waals surface area contributed by atoms with Crippen molar-refractivity contribution in [3.8, 4) is 0 Å². The summed E-state index contributed by atoms with van der Waals surface area (Å²) in [7, 11) is 0. The number of carboxylic acid groups (broad SMARTS) is 1. The van der Waals surface area contributed by atoms with Crippen LogP contribution in [0.3, 0.4) is 0 Å². The zero-order valence-electron chi connectivity index (χ0n) is 12.7. The lowest BCUT2D eigenvalue weighted by Crippen LogP contribution is -2.21. The number of fused-ring (bicyclic) bond motifs is 1. The lowest BCUT2D eigenvalue weighted by Gasteiger charge is -2.05. The summed E-state index contributed by atoms with van der Waals surface area (Å²) in [5, 5.41) is 11.6. The Morgan fingerprint density at radius 3 is 2.70 bits per heavy atom. The highest BCUT2D eigenvalue weighted by atomic mass is 32.1. The Labute approximate surface area is 142 Å². The van der Waals surface area contributed by atoms with Crippen molar-refractivity contribution in [3.63, 3.8) is 0 Å². The molecular weight excluding hydrogens is 326 g/mol. The number of thiazole rings is 1. The average molecular weight is 342 g/mol. The molecule has 0 N–H and O–H groups in total. The van der Waals surface area contributed by atoms with Gasteiger partial charge in [-0.2, -0.15) is 0 Å². The number of benzene rings is 1. The molecule has 0 unspecified atom stereocenters. The molecule has 2 heterocycles. The van der Waals surface area contributed by atoms with Crippen molar-refractivity contribution in [1.82, 2.24) is 4.98 Å². The minimum atomic E-state index is -0.999. The molecule has 3 aromatic rings. The third-order valence-corrected chi connectivity index (χ3v) is 5.53. The summed E-state index contributed by atoms with van der Waals surface area (Å²) in [6.07, 6.45) is 3.45. The van der Waals surface area contributed by atoms with Crippen molar-refractivity contribution >= 4 is 50.5 Å². The second-order valence-corrected chi connectivity index (χ2v) is 7.68. The van der Waals surface area contributed by atoms with E-state index in [0.29, 0.717) is 12.8 Å². The summed E-state index contributed by atoms with van der Waals surface area (Å²) in [5.41, 5.74) is 2.08. The number of carbonyl (C=O) groups excluding carboxylic acids is 1. The van der Waals surface area contributed by atoms with E-state index in [-0.39, 0.29) is 6.42 Å². The van der Waals surface area contributed by atoms with Gasteiger partial charge in [-0.1, -0.05) is 12.1 Å². The van der Waals surface area contributed by atoms with Crippen molar-refractivity contribution in [2.75, 3.05) is 0 Å². The number of hydrogen-bond acceptors (Lipinski definition) is 5. The lowest BCUT2D eigenvalue weighted by atomic mass is 10.1. The van der Waals surface area contributed by atoms with Crippen LogP contribution in [-0.2, 0) is 4.79 Å². The molecule has 118 valence electrons. The molecule has 1 aromatic carbocycles. The number of carbonyl (C=O) groups is 1. The summed E-state index contributed by atoms with van der Waals surface area (Å²) in [6.45, 7) is 2.08. The van der Waals surface area contributed by atoms with Crippen molar-refractivity contribution in [2.24, 2.45) is 0 Å². The Morgan fingerprint density at radius 2 is 2.00 bits per heavy atom. The maximum atomic E-state index is 10.7. The molecule has 0 atom stereocenters. The van der Waals surface area contributed by atoms with Gasteiger partial charge in [0, 0.05) is 15.7 Å². The Bertz CT molecular complexity index is 828. The number of aryl methyl sites for hydroxylation is 1. The minimum Gasteiger partial charge on any atom is -0.550 e. The number of nitrogens with zero attached hydrogens (tertiary/aromatic N) is 1. The Hall–Kier alpha value is -1.98. The molecule has 0 aliphatic carbocycles. The summed E-state index contributed by atoms with van der Waals surface area (Å²) >= 11 is 3.38. The van der Waals surface area contributed by atoms with Gasteiger partial charge in [-0.05, 0) is 62.1 Å². The topological polar surface area (TPSA) is 53.0 Å². The van der Waals surface area contributed by atoms with Gasteiger partial charge in [-0.15, -0.1) is 22.7 Å². The van der Waals surface area contributed by atoms with Crippen LogP contribution in [0.2, 0.25) is 0 Å². The fourth-order valence-electron chi connectivity index (χ4n) is 2.38. The predicted octanol–water partition coefficient (Wildman–Crippen LogP) is 4.13. The Morgan fingerprint density at radius 1 is 1.17 bits per heavy atom. The first-order valence-electron chi connectivity index (χ1n) is 7.44. The van der Waals surface area contributed by atoms with E-state index in [1.54, 1.807) is 22.7 Å². The zero-order chi connectivity index (χ0) is 16.2. The molecule has 0 fully saturated rings. The zero-order valence-corrected chi connectivity index (χ0v) is 14.4. The van der Waals surface area contributed by atoms with Crippen LogP contribution in [0.4, 0.5) is 0 Å². The molecule has 0 spiro atoms. The van der Waals surface area contributed by atoms with Crippen LogP contribution < -0.4 is 5.11 Å². The van der Waals surface area contributed by atoms with E-state index in [1.807, 2.05) is 18.2 Å². The van der Waals surface area contributed by atoms with Crippen molar-refractivity contribution in [3.05, 3.63) is 51.2 Å². The number of aromatic nitrogens is 1. The molecule has 0 aliphatic rings. The van der Waals surface area contributed by atoms with E-state index in [4.69, 9.17) is 4.98 Å². The van der Waals surface area contributed by atoms with Crippen LogP contribution in [0.5, 0.6) is 0 Å². The van der Waals surface area contributed by atoms with E-state index in [2.05, 4.69) is 31.2 Å². The highest BCUT2D eigenvalue weighted by Gasteiger charge is 2.10. The van der Waals surface area contributed by atoms with E-state index in [1.165, 1.54) is 9.75 Å². The van der Waals surface area contributed by atoms with Gasteiger partial charge in [0.15, 0.2) is 0 Å². The average Bonchev–Trinajstić information content (AvgIpc) is 3.11. The van der Waals surface area contributed by atoms with E-state index >= 15 is 0 Å². The molecule has 0 amide bonds. The Balaban J connectivity index is 1.93. The van der Waals surface area contributed by atoms with Gasteiger partial charge in [0.1, 0.15) is 5.01 Å². The molecule has 3 nitrogen and oxygen atoms in total. The second-order valence-electron chi connectivity index (χ2n) is 5.33. The smallest absolute Gasteiger partial charge is 0.120 e. The van der Waals surface area contributed by atoms with E-state index < -0.39 is 5.97 Å². The highest BCUT2D eigenvalue weighted by molar-refractivity contribution is 7.19. The van der Waals surface area contributed by atoms with Crippen LogP contribution >= 0.6 is 22.7 Å². The first kappa shape index (κ1) is 15.9. The number of para-hydroxylation sites is 1. The van der Waals surface area contributed by atoms with Gasteiger partial charge in [-0.25, -0.2) is 4.98 Å². The second kappa shape index (κ2) is 7.06. The van der Waals surface area contributed by atoms with E-state index in [9.17, 15) is 9.90 Å². The SMILES string of the molecule is Cc1ccc(/C=C(\CCCC(=O)[O-])c2nc3ccccc3s2)s1. The summed E-state index contributed by atoms with van der Waals surface area (Å²) in [5.74, 6) is -0.999. The van der Waals surface area contributed by atoms with Crippen molar-refractivity contribution in [1.29, 1.82) is 0 Å². The quantitative estimate of drug-likeness (QED) is 0.677. The number of hydrogen-bond donors (Lipinski definition) is 0. The van der Waals surface area contributed by atoms with Gasteiger partial charge in [0.2, 0.25) is 0 Å². The van der Waals surface area contributed by atoms with Gasteiger partial charge in [0.05, 0.1) is 10.2 Å². The molecular formula is C18H16NO2S2-. The molecule has 23 heavy (non-hydrogen) atoms. The standard InChI is InChI=1S/C18H17NO2S2/c1-12-9-10-14(22-12)11-13(5-4-8-17(20)21)18-19-15-6-2-3-7-16(15)23-18/h2-3,6-7,9-11H,4-5,8H2,1H3,(H,20,21)/p-1/b13-11+. The first-order valence-corrected chi connectivity index (χ1v) is 9.08. The molecule has 0 aliphatic heterocycles. The van der Waals surface area contributed by atoms with Crippen molar-refractivity contribution < 1.29 is 9.90 Å². The van der Waals surface area contributed by atoms with E-state index in [0.717, 1.165) is 20.8 Å². The predicted molar refractivity (Wildman–Crippen MR) is 95.4 cm³/mol. The summed E-state index contributed by atoms with van der Waals surface area (Å²) < 4.78 is 1.15. The van der Waals surface area contributed by atoms with Crippen LogP contribution in [0, 0.1) is 6.92 Å². The summed E-state index contributed by atoms with van der Waals surface area (Å²) in [4.78, 5) is 17.8. The number of rotatable bonds is 6. The molecule has 0 radical (unpaired) electrons. The fourth-order valence-corrected chi connectivity index (χ4v) is 4.23. The number of allylic oxidation sites excluding steroid dienone is 1. The first-order chi connectivity index (χ1) is 11.1. The highest BCUT2D eigenvalue weighted by Crippen LogP contribution is 2.32. The molecule has 3 rings (SSSR count). The lowest BCUT2D eigenvalue weighted by molar-refractivity contribution is -0.305. The van der Waals surface area contributed by atoms with Gasteiger partial charge in [0.25, 0.3) is 0 Å². The molecule has 0 bridgehead atoms. The number of aliphatic carboxylic acids is 1. The maximum Gasteiger partial charge on any atom is 0.120 e.